The molecule has 0 fully saturated rings. The summed E-state index contributed by atoms with van der Waals surface area (Å²) in [7, 11) is 0. The summed E-state index contributed by atoms with van der Waals surface area (Å²) in [5, 5.41) is 6.14. The Morgan fingerprint density at radius 3 is 2.46 bits per heavy atom. The van der Waals surface area contributed by atoms with E-state index >= 15 is 0 Å². The van der Waals surface area contributed by atoms with Gasteiger partial charge in [0.25, 0.3) is 5.91 Å². The first kappa shape index (κ1) is 16.2. The minimum Gasteiger partial charge on any atom is -0.380 e. The van der Waals surface area contributed by atoms with Crippen LogP contribution in [0.1, 0.15) is 15.9 Å². The highest BCUT2D eigenvalue weighted by atomic mass is 79.9. The lowest BCUT2D eigenvalue weighted by molar-refractivity contribution is 0.102. The number of carbonyl (C=O) groups excluding carboxylic acids is 1. The Balaban J connectivity index is 1.65. The zero-order chi connectivity index (χ0) is 16.8. The van der Waals surface area contributed by atoms with Crippen LogP contribution in [0.2, 0.25) is 0 Å². The summed E-state index contributed by atoms with van der Waals surface area (Å²) in [6, 6.07) is 19.3. The molecule has 0 aliphatic rings. The van der Waals surface area contributed by atoms with Gasteiger partial charge in [0.2, 0.25) is 0 Å². The molecule has 3 rings (SSSR count). The van der Waals surface area contributed by atoms with Gasteiger partial charge in [0, 0.05) is 29.1 Å². The molecule has 0 unspecified atom stereocenters. The van der Waals surface area contributed by atoms with Crippen LogP contribution in [0.3, 0.4) is 0 Å². The van der Waals surface area contributed by atoms with Gasteiger partial charge < -0.3 is 10.6 Å². The highest BCUT2D eigenvalue weighted by Crippen LogP contribution is 2.16. The van der Waals surface area contributed by atoms with E-state index in [0.717, 1.165) is 15.8 Å². The molecule has 0 aliphatic heterocycles. The van der Waals surface area contributed by atoms with Crippen LogP contribution in [0.5, 0.6) is 0 Å². The Bertz CT molecular complexity index is 820. The summed E-state index contributed by atoms with van der Waals surface area (Å²) >= 11 is 3.37. The lowest BCUT2D eigenvalue weighted by Gasteiger charge is -2.09. The van der Waals surface area contributed by atoms with Crippen molar-refractivity contribution in [2.45, 2.75) is 6.54 Å². The lowest BCUT2D eigenvalue weighted by Crippen LogP contribution is -2.12. The zero-order valence-corrected chi connectivity index (χ0v) is 14.5. The van der Waals surface area contributed by atoms with E-state index in [0.29, 0.717) is 12.1 Å². The fourth-order valence-corrected chi connectivity index (χ4v) is 2.46. The SMILES string of the molecule is O=C(Nc1ccc(Br)cc1)c1cncc(NCc2ccccc2)c1. The van der Waals surface area contributed by atoms with Gasteiger partial charge in [0.15, 0.2) is 0 Å². The molecule has 5 heteroatoms. The summed E-state index contributed by atoms with van der Waals surface area (Å²) in [6.07, 6.45) is 3.27. The third-order valence-corrected chi connectivity index (χ3v) is 3.97. The minimum atomic E-state index is -0.187. The second-order valence-electron chi connectivity index (χ2n) is 5.26. The molecule has 1 amide bonds. The number of carbonyl (C=O) groups is 1. The van der Waals surface area contributed by atoms with E-state index in [4.69, 9.17) is 0 Å². The quantitative estimate of drug-likeness (QED) is 0.672. The van der Waals surface area contributed by atoms with Crippen molar-refractivity contribution < 1.29 is 4.79 Å². The van der Waals surface area contributed by atoms with Gasteiger partial charge in [-0.05, 0) is 35.9 Å². The molecule has 0 bridgehead atoms. The fourth-order valence-electron chi connectivity index (χ4n) is 2.20. The number of halogens is 1. The second kappa shape index (κ2) is 7.75. The van der Waals surface area contributed by atoms with E-state index in [1.165, 1.54) is 5.56 Å². The van der Waals surface area contributed by atoms with Gasteiger partial charge in [-0.15, -0.1) is 0 Å². The number of hydrogen-bond donors (Lipinski definition) is 2. The number of amides is 1. The third-order valence-electron chi connectivity index (χ3n) is 3.44. The van der Waals surface area contributed by atoms with Crippen molar-refractivity contribution in [3.8, 4) is 0 Å². The molecule has 2 N–H and O–H groups in total. The molecule has 1 heterocycles. The number of aromatic nitrogens is 1. The molecule has 4 nitrogen and oxygen atoms in total. The average molecular weight is 382 g/mol. The van der Waals surface area contributed by atoms with E-state index in [-0.39, 0.29) is 5.91 Å². The standard InChI is InChI=1S/C19H16BrN3O/c20-16-6-8-17(9-7-16)23-19(24)15-10-18(13-21-12-15)22-11-14-4-2-1-3-5-14/h1-10,12-13,22H,11H2,(H,23,24). The maximum absolute atomic E-state index is 12.3. The molecule has 0 spiro atoms. The van der Waals surface area contributed by atoms with Crippen LogP contribution in [0, 0.1) is 0 Å². The molecule has 0 saturated carbocycles. The summed E-state index contributed by atoms with van der Waals surface area (Å²) in [6.45, 7) is 0.681. The van der Waals surface area contributed by atoms with Gasteiger partial charge in [-0.3, -0.25) is 9.78 Å². The normalized spacial score (nSPS) is 10.2. The maximum atomic E-state index is 12.3. The van der Waals surface area contributed by atoms with Gasteiger partial charge in [0.1, 0.15) is 0 Å². The first-order valence-corrected chi connectivity index (χ1v) is 8.30. The second-order valence-corrected chi connectivity index (χ2v) is 6.18. The molecule has 0 aliphatic carbocycles. The number of anilines is 2. The molecule has 2 aromatic carbocycles. The molecular weight excluding hydrogens is 366 g/mol. The van der Waals surface area contributed by atoms with Crippen molar-refractivity contribution >= 4 is 33.2 Å². The van der Waals surface area contributed by atoms with Crippen molar-refractivity contribution in [3.63, 3.8) is 0 Å². The van der Waals surface area contributed by atoms with Crippen molar-refractivity contribution in [2.24, 2.45) is 0 Å². The zero-order valence-electron chi connectivity index (χ0n) is 12.9. The molecule has 1 aromatic heterocycles. The number of benzene rings is 2. The molecule has 0 atom stereocenters. The molecule has 120 valence electrons. The third kappa shape index (κ3) is 4.43. The molecule has 0 saturated heterocycles. The highest BCUT2D eigenvalue weighted by molar-refractivity contribution is 9.10. The number of nitrogens with one attached hydrogen (secondary N) is 2. The fraction of sp³-hybridized carbons (Fsp3) is 0.0526. The van der Waals surface area contributed by atoms with Crippen molar-refractivity contribution in [2.75, 3.05) is 10.6 Å². The smallest absolute Gasteiger partial charge is 0.257 e. The molecule has 3 aromatic rings. The van der Waals surface area contributed by atoms with Gasteiger partial charge in [-0.2, -0.15) is 0 Å². The van der Waals surface area contributed by atoms with E-state index in [2.05, 4.69) is 31.5 Å². The summed E-state index contributed by atoms with van der Waals surface area (Å²) in [5.74, 6) is -0.187. The first-order valence-electron chi connectivity index (χ1n) is 7.50. The predicted molar refractivity (Wildman–Crippen MR) is 100 cm³/mol. The summed E-state index contributed by atoms with van der Waals surface area (Å²) < 4.78 is 0.967. The van der Waals surface area contributed by atoms with E-state index in [1.807, 2.05) is 54.6 Å². The predicted octanol–water partition coefficient (Wildman–Crippen LogP) is 4.71. The van der Waals surface area contributed by atoms with Crippen LogP contribution in [0.4, 0.5) is 11.4 Å². The maximum Gasteiger partial charge on any atom is 0.257 e. The van der Waals surface area contributed by atoms with Crippen molar-refractivity contribution in [1.82, 2.24) is 4.98 Å². The molecule has 0 radical (unpaired) electrons. The van der Waals surface area contributed by atoms with Crippen molar-refractivity contribution in [3.05, 3.63) is 88.7 Å². The van der Waals surface area contributed by atoms with Gasteiger partial charge in [0.05, 0.1) is 11.3 Å². The van der Waals surface area contributed by atoms with Crippen LogP contribution < -0.4 is 10.6 Å². The Hall–Kier alpha value is -2.66. The lowest BCUT2D eigenvalue weighted by atomic mass is 10.2. The highest BCUT2D eigenvalue weighted by Gasteiger charge is 2.07. The minimum absolute atomic E-state index is 0.187. The van der Waals surface area contributed by atoms with Gasteiger partial charge >= 0.3 is 0 Å². The Kier molecular flexibility index (Phi) is 5.23. The number of hydrogen-bond acceptors (Lipinski definition) is 3. The first-order chi connectivity index (χ1) is 11.7. The van der Waals surface area contributed by atoms with Crippen molar-refractivity contribution in [1.29, 1.82) is 0 Å². The van der Waals surface area contributed by atoms with Gasteiger partial charge in [-0.25, -0.2) is 0 Å². The summed E-state index contributed by atoms with van der Waals surface area (Å²) in [4.78, 5) is 16.5. The average Bonchev–Trinajstić information content (AvgIpc) is 2.63. The van der Waals surface area contributed by atoms with E-state index < -0.39 is 0 Å². The summed E-state index contributed by atoms with van der Waals surface area (Å²) in [5.41, 5.74) is 3.23. The van der Waals surface area contributed by atoms with E-state index in [1.54, 1.807) is 18.5 Å². The topological polar surface area (TPSA) is 54.0 Å². The number of rotatable bonds is 5. The van der Waals surface area contributed by atoms with Crippen LogP contribution in [0.25, 0.3) is 0 Å². The van der Waals surface area contributed by atoms with Crippen LogP contribution >= 0.6 is 15.9 Å². The Morgan fingerprint density at radius 2 is 1.71 bits per heavy atom. The molecule has 24 heavy (non-hydrogen) atoms. The molecular formula is C19H16BrN3O. The van der Waals surface area contributed by atoms with E-state index in [9.17, 15) is 4.79 Å². The number of nitrogens with zero attached hydrogens (tertiary/aromatic N) is 1. The van der Waals surface area contributed by atoms with Crippen LogP contribution in [-0.4, -0.2) is 10.9 Å². The monoisotopic (exact) mass is 381 g/mol. The Labute approximate surface area is 149 Å². The Morgan fingerprint density at radius 1 is 0.958 bits per heavy atom. The largest absolute Gasteiger partial charge is 0.380 e. The van der Waals surface area contributed by atoms with Crippen LogP contribution in [-0.2, 0) is 6.54 Å². The van der Waals surface area contributed by atoms with Crippen LogP contribution in [0.15, 0.2) is 77.5 Å². The van der Waals surface area contributed by atoms with Gasteiger partial charge in [-0.1, -0.05) is 46.3 Å². The number of pyridine rings is 1.